The molecule has 0 bridgehead atoms. The Morgan fingerprint density at radius 2 is 1.93 bits per heavy atom. The molecule has 150 valence electrons. The van der Waals surface area contributed by atoms with Gasteiger partial charge in [0.2, 0.25) is 0 Å². The maximum Gasteiger partial charge on any atom is 0.122 e. The van der Waals surface area contributed by atoms with Gasteiger partial charge in [0.25, 0.3) is 0 Å². The van der Waals surface area contributed by atoms with Crippen molar-refractivity contribution in [3.63, 3.8) is 0 Å². The van der Waals surface area contributed by atoms with E-state index in [4.69, 9.17) is 9.72 Å². The lowest BCUT2D eigenvalue weighted by Gasteiger charge is -2.13. The van der Waals surface area contributed by atoms with Crippen LogP contribution in [0, 0.1) is 12.8 Å². The largest absolute Gasteiger partial charge is 0.489 e. The van der Waals surface area contributed by atoms with Gasteiger partial charge in [-0.3, -0.25) is 4.98 Å². The summed E-state index contributed by atoms with van der Waals surface area (Å²) in [7, 11) is 0. The molecule has 4 heteroatoms. The molecule has 0 atom stereocenters. The lowest BCUT2D eigenvalue weighted by atomic mass is 10.1. The van der Waals surface area contributed by atoms with Crippen molar-refractivity contribution in [2.24, 2.45) is 5.92 Å². The number of pyridine rings is 1. The molecule has 0 spiro atoms. The Bertz CT molecular complexity index is 1140. The van der Waals surface area contributed by atoms with Gasteiger partial charge in [0.15, 0.2) is 0 Å². The third-order valence-electron chi connectivity index (χ3n) is 5.13. The van der Waals surface area contributed by atoms with Crippen LogP contribution >= 0.6 is 0 Å². The molecule has 2 heterocycles. The summed E-state index contributed by atoms with van der Waals surface area (Å²) in [6, 6.07) is 14.6. The molecule has 0 aliphatic heterocycles. The maximum absolute atomic E-state index is 6.04. The predicted octanol–water partition coefficient (Wildman–Crippen LogP) is 6.08. The van der Waals surface area contributed by atoms with Crippen LogP contribution in [0.15, 0.2) is 48.7 Å². The van der Waals surface area contributed by atoms with Crippen LogP contribution in [0.1, 0.15) is 44.1 Å². The highest BCUT2D eigenvalue weighted by Gasteiger charge is 2.15. The molecule has 0 amide bonds. The molecular weight excluding hydrogens is 358 g/mol. The zero-order chi connectivity index (χ0) is 20.4. The van der Waals surface area contributed by atoms with Gasteiger partial charge in [-0.1, -0.05) is 50.6 Å². The highest BCUT2D eigenvalue weighted by Crippen LogP contribution is 2.29. The summed E-state index contributed by atoms with van der Waals surface area (Å²) in [5.41, 5.74) is 5.54. The molecule has 29 heavy (non-hydrogen) atoms. The van der Waals surface area contributed by atoms with Gasteiger partial charge < -0.3 is 9.30 Å². The van der Waals surface area contributed by atoms with E-state index in [1.807, 2.05) is 18.3 Å². The van der Waals surface area contributed by atoms with Crippen LogP contribution in [0.25, 0.3) is 21.9 Å². The molecule has 4 nitrogen and oxygen atoms in total. The van der Waals surface area contributed by atoms with Crippen LogP contribution in [-0.4, -0.2) is 14.5 Å². The molecule has 4 rings (SSSR count). The van der Waals surface area contributed by atoms with E-state index in [0.717, 1.165) is 47.4 Å². The van der Waals surface area contributed by atoms with Gasteiger partial charge in [0, 0.05) is 24.4 Å². The number of rotatable bonds is 7. The molecule has 0 unspecified atom stereocenters. The number of nitrogens with zero attached hydrogens (tertiary/aromatic N) is 3. The first kappa shape index (κ1) is 19.4. The molecule has 0 radical (unpaired) electrons. The Kier molecular flexibility index (Phi) is 5.52. The second-order valence-electron chi connectivity index (χ2n) is 8.23. The van der Waals surface area contributed by atoms with E-state index in [1.165, 1.54) is 16.6 Å². The summed E-state index contributed by atoms with van der Waals surface area (Å²) in [5, 5.41) is 1.14. The average Bonchev–Trinajstić information content (AvgIpc) is 3.03. The number of hydrogen-bond donors (Lipinski definition) is 0. The zero-order valence-electron chi connectivity index (χ0n) is 17.8. The van der Waals surface area contributed by atoms with Crippen molar-refractivity contribution < 1.29 is 4.74 Å². The van der Waals surface area contributed by atoms with Crippen molar-refractivity contribution in [1.29, 1.82) is 0 Å². The third-order valence-corrected chi connectivity index (χ3v) is 5.13. The predicted molar refractivity (Wildman–Crippen MR) is 119 cm³/mol. The molecule has 4 aromatic rings. The number of fused-ring (bicyclic) bond motifs is 3. The van der Waals surface area contributed by atoms with E-state index in [2.05, 4.69) is 67.6 Å². The first-order valence-corrected chi connectivity index (χ1v) is 10.5. The minimum absolute atomic E-state index is 0.557. The highest BCUT2D eigenvalue weighted by atomic mass is 16.5. The van der Waals surface area contributed by atoms with Crippen LogP contribution in [0.4, 0.5) is 0 Å². The summed E-state index contributed by atoms with van der Waals surface area (Å²) < 4.78 is 8.43. The number of ether oxygens (including phenoxy) is 1. The van der Waals surface area contributed by atoms with Crippen LogP contribution in [0.2, 0.25) is 0 Å². The number of benzene rings is 2. The standard InChI is InChI=1S/C25H29N3O/c1-5-7-24-27-23-14-26-22-13-20(29-16-19-9-6-8-18(4)12-19)10-11-21(22)25(23)28(24)15-17(2)3/h6,8-14,17H,5,7,15-16H2,1-4H3. The van der Waals surface area contributed by atoms with Gasteiger partial charge in [-0.2, -0.15) is 0 Å². The van der Waals surface area contributed by atoms with Crippen molar-refractivity contribution in [3.8, 4) is 5.75 Å². The van der Waals surface area contributed by atoms with Crippen LogP contribution in [0.5, 0.6) is 5.75 Å². The average molecular weight is 388 g/mol. The Labute approximate surface area is 172 Å². The van der Waals surface area contributed by atoms with Gasteiger partial charge in [0.05, 0.1) is 17.2 Å². The van der Waals surface area contributed by atoms with Crippen molar-refractivity contribution in [3.05, 3.63) is 65.6 Å². The molecule has 2 aromatic heterocycles. The van der Waals surface area contributed by atoms with Crippen molar-refractivity contribution in [2.75, 3.05) is 0 Å². The highest BCUT2D eigenvalue weighted by molar-refractivity contribution is 6.02. The second kappa shape index (κ2) is 8.24. The Balaban J connectivity index is 1.71. The van der Waals surface area contributed by atoms with Crippen molar-refractivity contribution in [2.45, 2.75) is 53.7 Å². The minimum atomic E-state index is 0.557. The fraction of sp³-hybridized carbons (Fsp3) is 0.360. The number of aryl methyl sites for hydroxylation is 2. The van der Waals surface area contributed by atoms with Crippen LogP contribution in [-0.2, 0) is 19.6 Å². The summed E-state index contributed by atoms with van der Waals surface area (Å²) in [4.78, 5) is 9.56. The molecule has 0 N–H and O–H groups in total. The number of hydrogen-bond acceptors (Lipinski definition) is 3. The van der Waals surface area contributed by atoms with E-state index >= 15 is 0 Å². The van der Waals surface area contributed by atoms with E-state index in [9.17, 15) is 0 Å². The number of aromatic nitrogens is 3. The van der Waals surface area contributed by atoms with E-state index in [1.54, 1.807) is 0 Å². The zero-order valence-corrected chi connectivity index (χ0v) is 17.8. The minimum Gasteiger partial charge on any atom is -0.489 e. The van der Waals surface area contributed by atoms with E-state index in [0.29, 0.717) is 12.5 Å². The SMILES string of the molecule is CCCc1nc2cnc3cc(OCc4cccc(C)c4)ccc3c2n1CC(C)C. The number of imidazole rings is 1. The van der Waals surface area contributed by atoms with Crippen molar-refractivity contribution in [1.82, 2.24) is 14.5 Å². The van der Waals surface area contributed by atoms with Crippen LogP contribution in [0.3, 0.4) is 0 Å². The van der Waals surface area contributed by atoms with E-state index in [-0.39, 0.29) is 0 Å². The topological polar surface area (TPSA) is 39.9 Å². The fourth-order valence-electron chi connectivity index (χ4n) is 3.88. The molecule has 2 aromatic carbocycles. The third kappa shape index (κ3) is 4.12. The van der Waals surface area contributed by atoms with Gasteiger partial charge >= 0.3 is 0 Å². The van der Waals surface area contributed by atoms with Crippen LogP contribution < -0.4 is 4.74 Å². The first-order valence-electron chi connectivity index (χ1n) is 10.5. The monoisotopic (exact) mass is 387 g/mol. The Morgan fingerprint density at radius 3 is 2.69 bits per heavy atom. The first-order chi connectivity index (χ1) is 14.0. The normalized spacial score (nSPS) is 11.6. The second-order valence-corrected chi connectivity index (χ2v) is 8.23. The molecule has 0 aliphatic rings. The summed E-state index contributed by atoms with van der Waals surface area (Å²) in [6.07, 6.45) is 3.97. The van der Waals surface area contributed by atoms with Gasteiger partial charge in [0.1, 0.15) is 23.7 Å². The lowest BCUT2D eigenvalue weighted by molar-refractivity contribution is 0.306. The fourth-order valence-corrected chi connectivity index (χ4v) is 3.88. The quantitative estimate of drug-likeness (QED) is 0.386. The Hall–Kier alpha value is -2.88. The Morgan fingerprint density at radius 1 is 1.07 bits per heavy atom. The van der Waals surface area contributed by atoms with Crippen molar-refractivity contribution >= 4 is 21.9 Å². The van der Waals surface area contributed by atoms with Gasteiger partial charge in [-0.15, -0.1) is 0 Å². The smallest absolute Gasteiger partial charge is 0.122 e. The van der Waals surface area contributed by atoms with E-state index < -0.39 is 0 Å². The molecule has 0 aliphatic carbocycles. The lowest BCUT2D eigenvalue weighted by Crippen LogP contribution is -2.08. The van der Waals surface area contributed by atoms with Gasteiger partial charge in [-0.25, -0.2) is 4.98 Å². The van der Waals surface area contributed by atoms with Gasteiger partial charge in [-0.05, 0) is 37.0 Å². The maximum atomic E-state index is 6.04. The molecule has 0 saturated heterocycles. The molecule has 0 fully saturated rings. The summed E-state index contributed by atoms with van der Waals surface area (Å²) in [6.45, 7) is 10.3. The molecular formula is C25H29N3O. The summed E-state index contributed by atoms with van der Waals surface area (Å²) >= 11 is 0. The summed E-state index contributed by atoms with van der Waals surface area (Å²) in [5.74, 6) is 2.56. The molecule has 0 saturated carbocycles.